The van der Waals surface area contributed by atoms with Gasteiger partial charge in [-0.2, -0.15) is 0 Å². The van der Waals surface area contributed by atoms with E-state index >= 15 is 0 Å². The number of carbonyl (C=O) groups is 2. The summed E-state index contributed by atoms with van der Waals surface area (Å²) in [4.78, 5) is 28.0. The first kappa shape index (κ1) is 25.8. The van der Waals surface area contributed by atoms with E-state index in [0.717, 1.165) is 21.6 Å². The van der Waals surface area contributed by atoms with Crippen LogP contribution in [0.25, 0.3) is 11.3 Å². The molecule has 2 heterocycles. The molecule has 0 radical (unpaired) electrons. The van der Waals surface area contributed by atoms with Gasteiger partial charge in [0, 0.05) is 39.3 Å². The maximum Gasteiger partial charge on any atom is 0.341 e. The Hall–Kier alpha value is -3.84. The first-order valence-corrected chi connectivity index (χ1v) is 13.6. The van der Waals surface area contributed by atoms with Gasteiger partial charge >= 0.3 is 11.9 Å². The summed E-state index contributed by atoms with van der Waals surface area (Å²) < 4.78 is 17.7. The second kappa shape index (κ2) is 10.1. The van der Waals surface area contributed by atoms with Gasteiger partial charge in [0.15, 0.2) is 0 Å². The van der Waals surface area contributed by atoms with Gasteiger partial charge in [-0.05, 0) is 19.4 Å². The predicted molar refractivity (Wildman–Crippen MR) is 150 cm³/mol. The van der Waals surface area contributed by atoms with Crippen molar-refractivity contribution in [1.29, 1.82) is 0 Å². The third-order valence-electron chi connectivity index (χ3n) is 6.91. The van der Waals surface area contributed by atoms with E-state index in [4.69, 9.17) is 19.9 Å². The number of anilines is 1. The predicted octanol–water partition coefficient (Wildman–Crippen LogP) is 6.69. The number of benzene rings is 2. The zero-order chi connectivity index (χ0) is 27.0. The third-order valence-corrected chi connectivity index (χ3v) is 8.30. The molecule has 1 aliphatic carbocycles. The number of rotatable bonds is 6. The van der Waals surface area contributed by atoms with Gasteiger partial charge in [-0.15, -0.1) is 11.3 Å². The van der Waals surface area contributed by atoms with E-state index in [0.29, 0.717) is 39.6 Å². The lowest BCUT2D eigenvalue weighted by Crippen LogP contribution is -2.31. The number of nitrogens with two attached hydrogens (primary N) is 1. The van der Waals surface area contributed by atoms with E-state index in [9.17, 15) is 9.59 Å². The molecule has 1 aromatic heterocycles. The highest BCUT2D eigenvalue weighted by Gasteiger charge is 2.47. The van der Waals surface area contributed by atoms with Crippen molar-refractivity contribution in [2.45, 2.75) is 45.4 Å². The minimum Gasteiger partial charge on any atom is -0.463 e. The average Bonchev–Trinajstić information content (AvgIpc) is 3.27. The second-order valence-electron chi connectivity index (χ2n) is 9.94. The number of hydrogen-bond acceptors (Lipinski definition) is 7. The van der Waals surface area contributed by atoms with Crippen LogP contribution in [0.3, 0.4) is 0 Å². The van der Waals surface area contributed by atoms with Crippen molar-refractivity contribution in [1.82, 2.24) is 0 Å². The first-order chi connectivity index (χ1) is 18.3. The summed E-state index contributed by atoms with van der Waals surface area (Å²) in [7, 11) is 0. The van der Waals surface area contributed by atoms with E-state index in [1.54, 1.807) is 13.8 Å². The van der Waals surface area contributed by atoms with Crippen LogP contribution in [0.1, 0.15) is 72.0 Å². The van der Waals surface area contributed by atoms with Crippen LogP contribution in [0, 0.1) is 0 Å². The minimum atomic E-state index is -0.536. The quantitative estimate of drug-likeness (QED) is 0.358. The number of thiophene rings is 1. The Morgan fingerprint density at radius 2 is 1.58 bits per heavy atom. The maximum atomic E-state index is 13.7. The lowest BCUT2D eigenvalue weighted by molar-refractivity contribution is -0.138. The minimum absolute atomic E-state index is 0.218. The van der Waals surface area contributed by atoms with Crippen molar-refractivity contribution >= 4 is 39.6 Å². The standard InChI is InChI=1S/C31H31NO5S/c1-5-35-29(33)24-21(18-13-9-7-10-14-18)22-20(37-26(24)19-15-11-8-12-16-19)17-31(3,4)27-23(22)25(28(32)38-27)30(34)36-6-2/h7-16,21H,5-6,17,32H2,1-4H3. The largest absolute Gasteiger partial charge is 0.463 e. The zero-order valence-electron chi connectivity index (χ0n) is 22.0. The number of fused-ring (bicyclic) bond motifs is 2. The molecule has 2 N–H and O–H groups in total. The molecule has 196 valence electrons. The van der Waals surface area contributed by atoms with Gasteiger partial charge in [0.1, 0.15) is 22.1 Å². The van der Waals surface area contributed by atoms with Crippen molar-refractivity contribution in [2.24, 2.45) is 0 Å². The van der Waals surface area contributed by atoms with Crippen LogP contribution in [-0.2, 0) is 24.4 Å². The SMILES string of the molecule is CCOC(=O)C1=C(c2ccccc2)OC2=C(c3c(sc(N)c3C(=O)OCC)C(C)(C)C2)C1c1ccccc1. The first-order valence-electron chi connectivity index (χ1n) is 12.8. The van der Waals surface area contributed by atoms with Crippen LogP contribution in [0.4, 0.5) is 5.00 Å². The summed E-state index contributed by atoms with van der Waals surface area (Å²) in [5.74, 6) is -0.289. The van der Waals surface area contributed by atoms with Crippen LogP contribution in [0.2, 0.25) is 0 Å². The van der Waals surface area contributed by atoms with Gasteiger partial charge in [-0.25, -0.2) is 9.59 Å². The Balaban J connectivity index is 1.85. The number of nitrogen functional groups attached to an aromatic ring is 1. The van der Waals surface area contributed by atoms with Gasteiger partial charge in [-0.3, -0.25) is 0 Å². The lowest BCUT2D eigenvalue weighted by atomic mass is 9.69. The normalized spacial score (nSPS) is 17.8. The van der Waals surface area contributed by atoms with E-state index < -0.39 is 17.9 Å². The molecular weight excluding hydrogens is 498 g/mol. The van der Waals surface area contributed by atoms with Crippen molar-refractivity contribution in [3.63, 3.8) is 0 Å². The van der Waals surface area contributed by atoms with E-state index in [1.165, 1.54) is 11.3 Å². The number of hydrogen-bond donors (Lipinski definition) is 1. The molecular formula is C31H31NO5S. The maximum absolute atomic E-state index is 13.7. The van der Waals surface area contributed by atoms with E-state index in [1.807, 2.05) is 60.7 Å². The fourth-order valence-corrected chi connectivity index (χ4v) is 6.53. The molecule has 2 aromatic carbocycles. The van der Waals surface area contributed by atoms with Gasteiger partial charge in [-0.1, -0.05) is 74.5 Å². The summed E-state index contributed by atoms with van der Waals surface area (Å²) >= 11 is 1.40. The molecule has 2 aliphatic rings. The van der Waals surface area contributed by atoms with Crippen LogP contribution in [0.15, 0.2) is 72.0 Å². The van der Waals surface area contributed by atoms with E-state index in [-0.39, 0.29) is 18.6 Å². The second-order valence-corrected chi connectivity index (χ2v) is 11.0. The molecule has 1 atom stereocenters. The summed E-state index contributed by atoms with van der Waals surface area (Å²) in [6.45, 7) is 8.23. The molecule has 1 unspecified atom stereocenters. The molecule has 0 spiro atoms. The van der Waals surface area contributed by atoms with E-state index in [2.05, 4.69) is 13.8 Å². The number of ether oxygens (including phenoxy) is 3. The van der Waals surface area contributed by atoms with Crippen molar-refractivity contribution in [3.05, 3.63) is 99.1 Å². The van der Waals surface area contributed by atoms with Crippen molar-refractivity contribution < 1.29 is 23.8 Å². The molecule has 0 saturated carbocycles. The van der Waals surface area contributed by atoms with Crippen LogP contribution in [0.5, 0.6) is 0 Å². The average molecular weight is 530 g/mol. The van der Waals surface area contributed by atoms with Crippen LogP contribution >= 0.6 is 11.3 Å². The molecule has 0 fully saturated rings. The summed E-state index contributed by atoms with van der Waals surface area (Å²) in [6, 6.07) is 19.4. The lowest BCUT2D eigenvalue weighted by Gasteiger charge is -2.40. The molecule has 3 aromatic rings. The fraction of sp³-hybridized carbons (Fsp3) is 0.290. The number of allylic oxidation sites excluding steroid dienone is 2. The van der Waals surface area contributed by atoms with Gasteiger partial charge in [0.05, 0.1) is 18.8 Å². The Bertz CT molecular complexity index is 1450. The smallest absolute Gasteiger partial charge is 0.341 e. The summed E-state index contributed by atoms with van der Waals surface area (Å²) in [5.41, 5.74) is 10.0. The molecule has 1 aliphatic heterocycles. The topological polar surface area (TPSA) is 87.9 Å². The Kier molecular flexibility index (Phi) is 6.88. The summed E-state index contributed by atoms with van der Waals surface area (Å²) in [5, 5.41) is 0.401. The number of esters is 2. The highest BCUT2D eigenvalue weighted by molar-refractivity contribution is 7.16. The molecule has 5 rings (SSSR count). The molecule has 0 amide bonds. The Morgan fingerprint density at radius 3 is 2.21 bits per heavy atom. The van der Waals surface area contributed by atoms with Crippen molar-refractivity contribution in [2.75, 3.05) is 18.9 Å². The van der Waals surface area contributed by atoms with Crippen molar-refractivity contribution in [3.8, 4) is 0 Å². The molecule has 6 nitrogen and oxygen atoms in total. The molecule has 38 heavy (non-hydrogen) atoms. The monoisotopic (exact) mass is 529 g/mol. The van der Waals surface area contributed by atoms with Gasteiger partial charge in [0.2, 0.25) is 0 Å². The third kappa shape index (κ3) is 4.31. The Morgan fingerprint density at radius 1 is 0.974 bits per heavy atom. The molecule has 0 bridgehead atoms. The number of carbonyl (C=O) groups excluding carboxylic acids is 2. The highest BCUT2D eigenvalue weighted by Crippen LogP contribution is 2.58. The van der Waals surface area contributed by atoms with Crippen LogP contribution in [-0.4, -0.2) is 25.2 Å². The highest BCUT2D eigenvalue weighted by atomic mass is 32.1. The molecule has 7 heteroatoms. The zero-order valence-corrected chi connectivity index (χ0v) is 22.8. The van der Waals surface area contributed by atoms with Crippen LogP contribution < -0.4 is 5.73 Å². The fourth-order valence-electron chi connectivity index (χ4n) is 5.36. The summed E-state index contributed by atoms with van der Waals surface area (Å²) in [6.07, 6.45) is 0.577. The van der Waals surface area contributed by atoms with Gasteiger partial charge < -0.3 is 19.9 Å². The Labute approximate surface area is 226 Å². The van der Waals surface area contributed by atoms with Gasteiger partial charge in [0.25, 0.3) is 0 Å². The molecule has 0 saturated heterocycles.